The molecule has 0 atom stereocenters. The maximum Gasteiger partial charge on any atom is 0.140 e. The van der Waals surface area contributed by atoms with E-state index in [0.717, 1.165) is 35.2 Å². The fourth-order valence-corrected chi connectivity index (χ4v) is 3.70. The summed E-state index contributed by atoms with van der Waals surface area (Å²) in [5.74, 6) is 10.1. The van der Waals surface area contributed by atoms with Crippen molar-refractivity contribution in [1.29, 1.82) is 0 Å². The van der Waals surface area contributed by atoms with Crippen LogP contribution in [0.5, 0.6) is 0 Å². The summed E-state index contributed by atoms with van der Waals surface area (Å²) in [7, 11) is 0. The van der Waals surface area contributed by atoms with Crippen molar-refractivity contribution < 1.29 is 8.78 Å². The monoisotopic (exact) mass is 454 g/mol. The molecule has 0 nitrogen and oxygen atoms in total. The zero-order valence-corrected chi connectivity index (χ0v) is 20.2. The highest BCUT2D eigenvalue weighted by Crippen LogP contribution is 2.15. The molecule has 0 aliphatic rings. The maximum atomic E-state index is 14.5. The summed E-state index contributed by atoms with van der Waals surface area (Å²) in [5.41, 5.74) is 4.00. The van der Waals surface area contributed by atoms with Crippen molar-refractivity contribution in [3.05, 3.63) is 106 Å². The Balaban J connectivity index is 1.58. The summed E-state index contributed by atoms with van der Waals surface area (Å²) < 4.78 is 29.0. The Morgan fingerprint density at radius 2 is 1.06 bits per heavy atom. The smallest absolute Gasteiger partial charge is 0.140 e. The van der Waals surface area contributed by atoms with E-state index < -0.39 is 11.6 Å². The molecule has 0 N–H and O–H groups in total. The molecule has 0 saturated carbocycles. The lowest BCUT2D eigenvalue weighted by Gasteiger charge is -2.03. The van der Waals surface area contributed by atoms with E-state index in [1.807, 2.05) is 43.3 Å². The molecule has 3 aromatic carbocycles. The molecular weight excluding hydrogens is 422 g/mol. The molecule has 2 heteroatoms. The van der Waals surface area contributed by atoms with Gasteiger partial charge < -0.3 is 0 Å². The first-order valence-corrected chi connectivity index (χ1v) is 12.2. The predicted octanol–water partition coefficient (Wildman–Crippen LogP) is 8.37. The van der Waals surface area contributed by atoms with Crippen LogP contribution in [-0.2, 0) is 6.42 Å². The van der Waals surface area contributed by atoms with E-state index in [9.17, 15) is 8.78 Å². The summed E-state index contributed by atoms with van der Waals surface area (Å²) in [6, 6.07) is 17.8. The van der Waals surface area contributed by atoms with Gasteiger partial charge in [0.15, 0.2) is 0 Å². The highest BCUT2D eigenvalue weighted by molar-refractivity contribution is 5.49. The lowest BCUT2D eigenvalue weighted by Crippen LogP contribution is -1.92. The molecule has 0 heterocycles. The zero-order chi connectivity index (χ0) is 24.2. The lowest BCUT2D eigenvalue weighted by molar-refractivity contribution is 0.589. The van der Waals surface area contributed by atoms with Gasteiger partial charge in [0, 0.05) is 11.1 Å². The van der Waals surface area contributed by atoms with E-state index in [0.29, 0.717) is 0 Å². The van der Waals surface area contributed by atoms with Crippen LogP contribution in [0.15, 0.2) is 60.7 Å². The third-order valence-electron chi connectivity index (χ3n) is 5.81. The molecule has 3 rings (SSSR count). The summed E-state index contributed by atoms with van der Waals surface area (Å²) >= 11 is 0. The van der Waals surface area contributed by atoms with Crippen molar-refractivity contribution >= 4 is 0 Å². The Kier molecular flexibility index (Phi) is 9.94. The number of unbranched alkanes of at least 4 members (excludes halogenated alkanes) is 6. The van der Waals surface area contributed by atoms with Crippen LogP contribution in [0.4, 0.5) is 8.78 Å². The Labute approximate surface area is 203 Å². The normalized spacial score (nSPS) is 10.2. The van der Waals surface area contributed by atoms with E-state index in [1.54, 1.807) is 0 Å². The van der Waals surface area contributed by atoms with E-state index in [2.05, 4.69) is 42.7 Å². The highest BCUT2D eigenvalue weighted by atomic mass is 19.1. The second-order valence-corrected chi connectivity index (χ2v) is 8.75. The fraction of sp³-hybridized carbons (Fsp3) is 0.312. The predicted molar refractivity (Wildman–Crippen MR) is 138 cm³/mol. The molecule has 0 aliphatic heterocycles. The summed E-state index contributed by atoms with van der Waals surface area (Å²) in [6.07, 6.45) is 10.1. The third-order valence-corrected chi connectivity index (χ3v) is 5.81. The van der Waals surface area contributed by atoms with Crippen LogP contribution in [0, 0.1) is 42.2 Å². The molecule has 0 aromatic heterocycles. The van der Waals surface area contributed by atoms with Crippen molar-refractivity contribution in [3.8, 4) is 23.7 Å². The van der Waals surface area contributed by atoms with Crippen molar-refractivity contribution in [3.63, 3.8) is 0 Å². The van der Waals surface area contributed by atoms with Crippen LogP contribution in [0.25, 0.3) is 0 Å². The Bertz CT molecular complexity index is 1180. The SMILES string of the molecule is CCCCCCCCCc1ccc(C#Cc2cc(F)c(C#Cc3ccc(C)cc3)cc2F)cc1. The van der Waals surface area contributed by atoms with E-state index in [4.69, 9.17) is 0 Å². The van der Waals surface area contributed by atoms with Crippen LogP contribution in [0.2, 0.25) is 0 Å². The van der Waals surface area contributed by atoms with Crippen LogP contribution in [0.1, 0.15) is 85.3 Å². The molecule has 3 aromatic rings. The molecule has 0 amide bonds. The van der Waals surface area contributed by atoms with Gasteiger partial charge in [-0.15, -0.1) is 0 Å². The maximum absolute atomic E-state index is 14.5. The average Bonchev–Trinajstić information content (AvgIpc) is 2.84. The number of benzene rings is 3. The van der Waals surface area contributed by atoms with Gasteiger partial charge in [0.2, 0.25) is 0 Å². The topological polar surface area (TPSA) is 0 Å². The van der Waals surface area contributed by atoms with Gasteiger partial charge in [-0.05, 0) is 61.7 Å². The Morgan fingerprint density at radius 3 is 1.59 bits per heavy atom. The molecule has 0 fully saturated rings. The summed E-state index contributed by atoms with van der Waals surface area (Å²) in [4.78, 5) is 0. The quantitative estimate of drug-likeness (QED) is 0.237. The largest absolute Gasteiger partial charge is 0.206 e. The van der Waals surface area contributed by atoms with Gasteiger partial charge in [-0.3, -0.25) is 0 Å². The first-order valence-electron chi connectivity index (χ1n) is 12.2. The first kappa shape index (κ1) is 25.3. The second-order valence-electron chi connectivity index (χ2n) is 8.75. The Morgan fingerprint density at radius 1 is 0.588 bits per heavy atom. The summed E-state index contributed by atoms with van der Waals surface area (Å²) in [5, 5.41) is 0. The second kappa shape index (κ2) is 13.4. The minimum atomic E-state index is -0.574. The van der Waals surface area contributed by atoms with Gasteiger partial charge in [-0.2, -0.15) is 0 Å². The number of hydrogen-bond acceptors (Lipinski definition) is 0. The van der Waals surface area contributed by atoms with E-state index in [1.165, 1.54) is 50.5 Å². The minimum absolute atomic E-state index is 0.0262. The van der Waals surface area contributed by atoms with Gasteiger partial charge in [-0.1, -0.05) is 99.0 Å². The molecule has 0 aliphatic carbocycles. The first-order chi connectivity index (χ1) is 16.5. The highest BCUT2D eigenvalue weighted by Gasteiger charge is 2.07. The standard InChI is InChI=1S/C32H32F2/c1-3-4-5-6-7-8-9-10-26-15-17-28(18-16-26)20-22-30-24-31(33)29(23-32(30)34)21-19-27-13-11-25(2)12-14-27/h11-18,23-24H,3-10H2,1-2H3. The van der Waals surface area contributed by atoms with Gasteiger partial charge in [0.25, 0.3) is 0 Å². The molecule has 0 radical (unpaired) electrons. The van der Waals surface area contributed by atoms with E-state index >= 15 is 0 Å². The van der Waals surface area contributed by atoms with Crippen LogP contribution in [0.3, 0.4) is 0 Å². The molecule has 174 valence electrons. The van der Waals surface area contributed by atoms with Crippen molar-refractivity contribution in [1.82, 2.24) is 0 Å². The van der Waals surface area contributed by atoms with Crippen LogP contribution in [-0.4, -0.2) is 0 Å². The molecule has 0 saturated heterocycles. The molecule has 34 heavy (non-hydrogen) atoms. The van der Waals surface area contributed by atoms with Gasteiger partial charge in [-0.25, -0.2) is 8.78 Å². The zero-order valence-electron chi connectivity index (χ0n) is 20.2. The number of halogens is 2. The van der Waals surface area contributed by atoms with Gasteiger partial charge in [0.1, 0.15) is 11.6 Å². The third kappa shape index (κ3) is 8.20. The number of rotatable bonds is 8. The van der Waals surface area contributed by atoms with Crippen molar-refractivity contribution in [2.45, 2.75) is 65.2 Å². The molecular formula is C32H32F2. The molecule has 0 unspecified atom stereocenters. The minimum Gasteiger partial charge on any atom is -0.206 e. The van der Waals surface area contributed by atoms with Crippen LogP contribution < -0.4 is 0 Å². The lowest BCUT2D eigenvalue weighted by atomic mass is 10.0. The molecule has 0 bridgehead atoms. The fourth-order valence-electron chi connectivity index (χ4n) is 3.70. The molecule has 0 spiro atoms. The van der Waals surface area contributed by atoms with Gasteiger partial charge >= 0.3 is 0 Å². The van der Waals surface area contributed by atoms with Crippen molar-refractivity contribution in [2.75, 3.05) is 0 Å². The van der Waals surface area contributed by atoms with E-state index in [-0.39, 0.29) is 11.1 Å². The van der Waals surface area contributed by atoms with Crippen molar-refractivity contribution in [2.24, 2.45) is 0 Å². The van der Waals surface area contributed by atoms with Gasteiger partial charge in [0.05, 0.1) is 11.1 Å². The van der Waals surface area contributed by atoms with Crippen LogP contribution >= 0.6 is 0 Å². The number of aryl methyl sites for hydroxylation is 2. The Hall–Kier alpha value is -3.36. The summed E-state index contributed by atoms with van der Waals surface area (Å²) in [6.45, 7) is 4.22. The average molecular weight is 455 g/mol. The number of hydrogen-bond donors (Lipinski definition) is 0.